The van der Waals surface area contributed by atoms with Crippen LogP contribution in [0.5, 0.6) is 11.5 Å². The zero-order chi connectivity index (χ0) is 19.7. The number of amides is 2. The lowest BCUT2D eigenvalue weighted by Gasteiger charge is -2.19. The number of hydrogen-bond acceptors (Lipinski definition) is 5. The molecule has 2 aromatic rings. The molecule has 28 heavy (non-hydrogen) atoms. The molecule has 2 aliphatic rings. The number of benzene rings is 2. The van der Waals surface area contributed by atoms with Crippen molar-refractivity contribution in [3.05, 3.63) is 54.1 Å². The van der Waals surface area contributed by atoms with Gasteiger partial charge in [0.15, 0.2) is 0 Å². The molecular weight excluding hydrogens is 358 g/mol. The van der Waals surface area contributed by atoms with Gasteiger partial charge in [0.25, 0.3) is 0 Å². The molecule has 2 amide bonds. The first-order chi connectivity index (χ1) is 13.6. The Morgan fingerprint density at radius 1 is 0.929 bits per heavy atom. The molecular formula is C22H21NO5. The summed E-state index contributed by atoms with van der Waals surface area (Å²) in [6.07, 6.45) is 3.55. The number of imide groups is 1. The number of carbonyl (C=O) groups is 3. The first-order valence-electron chi connectivity index (χ1n) is 9.42. The number of nitrogens with zero attached hydrogens (tertiary/aromatic N) is 1. The van der Waals surface area contributed by atoms with Crippen molar-refractivity contribution in [3.63, 3.8) is 0 Å². The Labute approximate surface area is 163 Å². The molecule has 0 aromatic heterocycles. The summed E-state index contributed by atoms with van der Waals surface area (Å²) in [6.45, 7) is 0. The molecule has 1 heterocycles. The molecule has 1 saturated carbocycles. The molecule has 2 atom stereocenters. The summed E-state index contributed by atoms with van der Waals surface area (Å²) >= 11 is 0. The molecule has 0 radical (unpaired) electrons. The second-order valence-electron chi connectivity index (χ2n) is 7.12. The van der Waals surface area contributed by atoms with Gasteiger partial charge in [0.2, 0.25) is 11.8 Å². The van der Waals surface area contributed by atoms with Crippen LogP contribution in [0.15, 0.2) is 48.5 Å². The number of hydrogen-bond donors (Lipinski definition) is 0. The van der Waals surface area contributed by atoms with Gasteiger partial charge in [-0.15, -0.1) is 0 Å². The second kappa shape index (κ2) is 7.46. The van der Waals surface area contributed by atoms with E-state index in [-0.39, 0.29) is 23.7 Å². The number of carbonyl (C=O) groups excluding carboxylic acids is 3. The summed E-state index contributed by atoms with van der Waals surface area (Å²) in [4.78, 5) is 38.9. The summed E-state index contributed by atoms with van der Waals surface area (Å²) in [6, 6.07) is 13.2. The predicted octanol–water partition coefficient (Wildman–Crippen LogP) is 3.59. The number of esters is 1. The van der Waals surface area contributed by atoms with Crippen LogP contribution in [-0.2, 0) is 9.59 Å². The van der Waals surface area contributed by atoms with Crippen molar-refractivity contribution in [1.29, 1.82) is 0 Å². The minimum absolute atomic E-state index is 0.115. The van der Waals surface area contributed by atoms with Crippen molar-refractivity contribution in [1.82, 2.24) is 0 Å². The van der Waals surface area contributed by atoms with Gasteiger partial charge in [0, 0.05) is 0 Å². The Morgan fingerprint density at radius 3 is 2.18 bits per heavy atom. The van der Waals surface area contributed by atoms with E-state index in [0.717, 1.165) is 25.7 Å². The highest BCUT2D eigenvalue weighted by molar-refractivity contribution is 6.22. The molecule has 6 heteroatoms. The number of anilines is 1. The highest BCUT2D eigenvalue weighted by Crippen LogP contribution is 2.40. The van der Waals surface area contributed by atoms with Crippen molar-refractivity contribution in [3.8, 4) is 11.5 Å². The van der Waals surface area contributed by atoms with Crippen molar-refractivity contribution >= 4 is 23.5 Å². The standard InChI is InChI=1S/C22H21NO5/c1-27-17-6-4-5-14(13-17)22(26)28-16-11-9-15(10-12-16)23-20(24)18-7-2-3-8-19(18)21(23)25/h4-6,9-13,18-19H,2-3,7-8H2,1H3. The van der Waals surface area contributed by atoms with Gasteiger partial charge in [-0.1, -0.05) is 18.9 Å². The highest BCUT2D eigenvalue weighted by Gasteiger charge is 2.48. The van der Waals surface area contributed by atoms with Gasteiger partial charge < -0.3 is 9.47 Å². The molecule has 0 spiro atoms. The molecule has 0 bridgehead atoms. The third-order valence-corrected chi connectivity index (χ3v) is 5.45. The monoisotopic (exact) mass is 379 g/mol. The molecule has 2 unspecified atom stereocenters. The molecule has 0 N–H and O–H groups in total. The fourth-order valence-electron chi connectivity index (χ4n) is 4.00. The minimum Gasteiger partial charge on any atom is -0.497 e. The topological polar surface area (TPSA) is 72.9 Å². The van der Waals surface area contributed by atoms with Gasteiger partial charge in [-0.05, 0) is 55.3 Å². The fraction of sp³-hybridized carbons (Fsp3) is 0.318. The Hall–Kier alpha value is -3.15. The number of rotatable bonds is 4. The summed E-state index contributed by atoms with van der Waals surface area (Å²) in [7, 11) is 1.53. The van der Waals surface area contributed by atoms with Gasteiger partial charge >= 0.3 is 5.97 Å². The van der Waals surface area contributed by atoms with Crippen LogP contribution in [0.1, 0.15) is 36.0 Å². The Kier molecular flexibility index (Phi) is 4.86. The quantitative estimate of drug-likeness (QED) is 0.461. The summed E-state index contributed by atoms with van der Waals surface area (Å²) < 4.78 is 10.5. The molecule has 2 aromatic carbocycles. The third kappa shape index (κ3) is 3.26. The van der Waals surface area contributed by atoms with Gasteiger partial charge in [-0.25, -0.2) is 4.79 Å². The van der Waals surface area contributed by atoms with E-state index >= 15 is 0 Å². The molecule has 6 nitrogen and oxygen atoms in total. The van der Waals surface area contributed by atoms with Crippen LogP contribution in [0.4, 0.5) is 5.69 Å². The largest absolute Gasteiger partial charge is 0.497 e. The third-order valence-electron chi connectivity index (χ3n) is 5.45. The smallest absolute Gasteiger partial charge is 0.343 e. The van der Waals surface area contributed by atoms with Gasteiger partial charge in [0.1, 0.15) is 11.5 Å². The van der Waals surface area contributed by atoms with Gasteiger partial charge in [0.05, 0.1) is 30.2 Å². The lowest BCUT2D eigenvalue weighted by molar-refractivity contribution is -0.122. The van der Waals surface area contributed by atoms with E-state index in [9.17, 15) is 14.4 Å². The zero-order valence-corrected chi connectivity index (χ0v) is 15.6. The van der Waals surface area contributed by atoms with Crippen LogP contribution in [0.2, 0.25) is 0 Å². The van der Waals surface area contributed by atoms with E-state index in [4.69, 9.17) is 9.47 Å². The highest BCUT2D eigenvalue weighted by atomic mass is 16.5. The average molecular weight is 379 g/mol. The summed E-state index contributed by atoms with van der Waals surface area (Å²) in [5.41, 5.74) is 0.892. The van der Waals surface area contributed by atoms with Gasteiger partial charge in [-0.2, -0.15) is 0 Å². The van der Waals surface area contributed by atoms with Crippen LogP contribution in [0.3, 0.4) is 0 Å². The van der Waals surface area contributed by atoms with Crippen LogP contribution in [-0.4, -0.2) is 24.9 Å². The van der Waals surface area contributed by atoms with E-state index in [2.05, 4.69) is 0 Å². The van der Waals surface area contributed by atoms with Crippen molar-refractivity contribution in [2.75, 3.05) is 12.0 Å². The van der Waals surface area contributed by atoms with Crippen molar-refractivity contribution in [2.24, 2.45) is 11.8 Å². The average Bonchev–Trinajstić information content (AvgIpc) is 2.99. The molecule has 2 fully saturated rings. The Morgan fingerprint density at radius 2 is 1.57 bits per heavy atom. The first-order valence-corrected chi connectivity index (χ1v) is 9.42. The maximum atomic E-state index is 12.7. The van der Waals surface area contributed by atoms with Crippen LogP contribution < -0.4 is 14.4 Å². The lowest BCUT2D eigenvalue weighted by Crippen LogP contribution is -2.30. The molecule has 4 rings (SSSR count). The van der Waals surface area contributed by atoms with E-state index in [0.29, 0.717) is 22.7 Å². The summed E-state index contributed by atoms with van der Waals surface area (Å²) in [5, 5.41) is 0. The maximum Gasteiger partial charge on any atom is 0.343 e. The first kappa shape index (κ1) is 18.2. The maximum absolute atomic E-state index is 12.7. The lowest BCUT2D eigenvalue weighted by atomic mass is 9.81. The SMILES string of the molecule is COc1cccc(C(=O)Oc2ccc(N3C(=O)C4CCCCC4C3=O)cc2)c1. The molecule has 1 aliphatic heterocycles. The Balaban J connectivity index is 1.49. The van der Waals surface area contributed by atoms with Crippen molar-refractivity contribution < 1.29 is 23.9 Å². The molecule has 1 saturated heterocycles. The number of ether oxygens (including phenoxy) is 2. The Bertz CT molecular complexity index is 897. The van der Waals surface area contributed by atoms with E-state index < -0.39 is 5.97 Å². The molecule has 1 aliphatic carbocycles. The van der Waals surface area contributed by atoms with E-state index in [1.165, 1.54) is 12.0 Å². The molecule has 144 valence electrons. The van der Waals surface area contributed by atoms with Crippen molar-refractivity contribution in [2.45, 2.75) is 25.7 Å². The minimum atomic E-state index is -0.508. The van der Waals surface area contributed by atoms with E-state index in [1.807, 2.05) is 0 Å². The van der Waals surface area contributed by atoms with E-state index in [1.54, 1.807) is 48.5 Å². The van der Waals surface area contributed by atoms with Crippen LogP contribution in [0.25, 0.3) is 0 Å². The number of fused-ring (bicyclic) bond motifs is 1. The second-order valence-corrected chi connectivity index (χ2v) is 7.12. The predicted molar refractivity (Wildman–Crippen MR) is 102 cm³/mol. The van der Waals surface area contributed by atoms with Gasteiger partial charge in [-0.3, -0.25) is 14.5 Å². The number of methoxy groups -OCH3 is 1. The van der Waals surface area contributed by atoms with Crippen LogP contribution in [0, 0.1) is 11.8 Å². The summed E-state index contributed by atoms with van der Waals surface area (Å²) in [5.74, 6) is -0.207. The zero-order valence-electron chi connectivity index (χ0n) is 15.6. The normalized spacial score (nSPS) is 21.4. The fourth-order valence-corrected chi connectivity index (χ4v) is 4.00. The van der Waals surface area contributed by atoms with Crippen LogP contribution >= 0.6 is 0 Å².